The molecule has 0 radical (unpaired) electrons. The maximum Gasteiger partial charge on any atom is 0.335 e. The first-order valence-electron chi connectivity index (χ1n) is 16.1. The van der Waals surface area contributed by atoms with Crippen molar-refractivity contribution in [2.45, 2.75) is 142 Å². The van der Waals surface area contributed by atoms with E-state index in [9.17, 15) is 25.2 Å². The van der Waals surface area contributed by atoms with Crippen molar-refractivity contribution >= 4 is 5.97 Å². The summed E-state index contributed by atoms with van der Waals surface area (Å²) in [5, 5.41) is 40.0. The Labute approximate surface area is 240 Å². The number of carbonyl (C=O) groups is 1. The van der Waals surface area contributed by atoms with Gasteiger partial charge in [-0.15, -0.1) is 0 Å². The monoisotopic (exact) mass is 562 g/mol. The molecule has 0 bridgehead atoms. The zero-order valence-electron chi connectivity index (χ0n) is 25.3. The van der Waals surface area contributed by atoms with Gasteiger partial charge in [-0.2, -0.15) is 0 Å². The van der Waals surface area contributed by atoms with Crippen LogP contribution in [0.25, 0.3) is 0 Å². The van der Waals surface area contributed by atoms with E-state index in [4.69, 9.17) is 9.47 Å². The molecule has 4 N–H and O–H groups in total. The predicted octanol–water partition coefficient (Wildman–Crippen LogP) is 5.31. The first-order chi connectivity index (χ1) is 18.9. The Morgan fingerprint density at radius 3 is 2.45 bits per heavy atom. The number of aliphatic carboxylic acids is 1. The number of rotatable bonds is 8. The Bertz CT molecular complexity index is 949. The predicted molar refractivity (Wildman–Crippen MR) is 152 cm³/mol. The molecule has 0 spiro atoms. The molecule has 1 saturated heterocycles. The van der Waals surface area contributed by atoms with Crippen LogP contribution in [-0.2, 0) is 14.3 Å². The minimum atomic E-state index is -1.70. The van der Waals surface area contributed by atoms with Crippen LogP contribution in [0.15, 0.2) is 11.6 Å². The molecule has 228 valence electrons. The number of carboxylic acid groups (broad SMARTS) is 1. The largest absolute Gasteiger partial charge is 0.479 e. The third kappa shape index (κ3) is 5.32. The highest BCUT2D eigenvalue weighted by atomic mass is 16.7. The van der Waals surface area contributed by atoms with E-state index in [0.717, 1.165) is 55.3 Å². The second-order valence-electron chi connectivity index (χ2n) is 15.0. The second-order valence-corrected chi connectivity index (χ2v) is 15.0. The lowest BCUT2D eigenvalue weighted by Gasteiger charge is -2.58. The number of allylic oxidation sites excluding steroid dienone is 1. The standard InChI is InChI=1S/C33H54O7/c1-18(2)7-6-8-19(3)23-11-12-24-22-10-9-20-17-21(13-15-32(20,4)25(22)14-16-33(23,24)5)39-31-28(36)26(34)27(35)29(40-31)30(37)38/h9,18-19,21-29,31,34-36H,6-8,10-17H2,1-5H3,(H,37,38)/t19-,21?,22+,23-,24+,25+,26+,27+,28-,29+,31-,32+,33-/m1/s1. The molecular formula is C33H54O7. The normalized spacial score (nSPS) is 47.7. The average molecular weight is 563 g/mol. The zero-order chi connectivity index (χ0) is 29.0. The van der Waals surface area contributed by atoms with Gasteiger partial charge in [0.1, 0.15) is 18.3 Å². The fourth-order valence-corrected chi connectivity index (χ4v) is 10.1. The summed E-state index contributed by atoms with van der Waals surface area (Å²) in [6.45, 7) is 12.3. The molecule has 1 unspecified atom stereocenters. The molecule has 0 amide bonds. The summed E-state index contributed by atoms with van der Waals surface area (Å²) < 4.78 is 11.5. The molecule has 4 fully saturated rings. The summed E-state index contributed by atoms with van der Waals surface area (Å²) in [5.74, 6) is 3.30. The summed E-state index contributed by atoms with van der Waals surface area (Å²) in [7, 11) is 0. The first kappa shape index (κ1) is 30.5. The van der Waals surface area contributed by atoms with Crippen LogP contribution in [0.5, 0.6) is 0 Å². The first-order valence-corrected chi connectivity index (χ1v) is 16.1. The van der Waals surface area contributed by atoms with Crippen LogP contribution in [0.1, 0.15) is 105 Å². The minimum Gasteiger partial charge on any atom is -0.479 e. The fraction of sp³-hybridized carbons (Fsp3) is 0.909. The molecule has 0 aromatic rings. The second kappa shape index (κ2) is 11.6. The molecule has 13 atom stereocenters. The van der Waals surface area contributed by atoms with Crippen LogP contribution >= 0.6 is 0 Å². The molecule has 7 nitrogen and oxygen atoms in total. The zero-order valence-corrected chi connectivity index (χ0v) is 25.3. The van der Waals surface area contributed by atoms with Gasteiger partial charge in [0.2, 0.25) is 0 Å². The van der Waals surface area contributed by atoms with E-state index in [0.29, 0.717) is 11.3 Å². The van der Waals surface area contributed by atoms with Gasteiger partial charge in [0.15, 0.2) is 12.4 Å². The van der Waals surface area contributed by atoms with E-state index in [1.165, 1.54) is 50.5 Å². The van der Waals surface area contributed by atoms with E-state index >= 15 is 0 Å². The molecule has 3 saturated carbocycles. The van der Waals surface area contributed by atoms with E-state index in [1.807, 2.05) is 0 Å². The highest BCUT2D eigenvalue weighted by Crippen LogP contribution is 2.67. The van der Waals surface area contributed by atoms with Crippen molar-refractivity contribution in [3.63, 3.8) is 0 Å². The van der Waals surface area contributed by atoms with Gasteiger partial charge < -0.3 is 29.9 Å². The molecule has 7 heteroatoms. The van der Waals surface area contributed by atoms with Crippen LogP contribution in [0.4, 0.5) is 0 Å². The van der Waals surface area contributed by atoms with Gasteiger partial charge in [0, 0.05) is 0 Å². The maximum atomic E-state index is 11.5. The fourth-order valence-electron chi connectivity index (χ4n) is 10.1. The molecule has 0 aromatic carbocycles. The van der Waals surface area contributed by atoms with Crippen molar-refractivity contribution in [2.75, 3.05) is 0 Å². The molecule has 1 aliphatic heterocycles. The van der Waals surface area contributed by atoms with Crippen molar-refractivity contribution in [1.29, 1.82) is 0 Å². The third-order valence-electron chi connectivity index (χ3n) is 12.4. The van der Waals surface area contributed by atoms with E-state index in [1.54, 1.807) is 0 Å². The molecule has 0 aromatic heterocycles. The van der Waals surface area contributed by atoms with Crippen LogP contribution in [0, 0.1) is 46.3 Å². The number of aliphatic hydroxyl groups is 3. The summed E-state index contributed by atoms with van der Waals surface area (Å²) in [4.78, 5) is 11.5. The lowest BCUT2D eigenvalue weighted by molar-refractivity contribution is -0.306. The Morgan fingerprint density at radius 1 is 1.00 bits per heavy atom. The number of ether oxygens (including phenoxy) is 2. The third-order valence-corrected chi connectivity index (χ3v) is 12.4. The lowest BCUT2D eigenvalue weighted by Crippen LogP contribution is -2.61. The smallest absolute Gasteiger partial charge is 0.335 e. The van der Waals surface area contributed by atoms with Crippen LogP contribution in [0.3, 0.4) is 0 Å². The van der Waals surface area contributed by atoms with Crippen LogP contribution in [0.2, 0.25) is 0 Å². The van der Waals surface area contributed by atoms with Crippen LogP contribution in [-0.4, -0.2) is 63.2 Å². The van der Waals surface area contributed by atoms with Crippen molar-refractivity contribution in [3.05, 3.63) is 11.6 Å². The van der Waals surface area contributed by atoms with Crippen molar-refractivity contribution in [1.82, 2.24) is 0 Å². The molecule has 5 rings (SSSR count). The topological polar surface area (TPSA) is 116 Å². The SMILES string of the molecule is CC(C)CCC[C@@H](C)[C@H]1CC[C@H]2[C@@H]3CC=C4CC(O[C@@H]5O[C@H](C(=O)O)[C@@H](O)[C@H](O)[C@H]5O)CC[C@]4(C)[C@H]3CC[C@]12C. The number of fused-ring (bicyclic) bond motifs is 5. The Morgan fingerprint density at radius 2 is 1.75 bits per heavy atom. The van der Waals surface area contributed by atoms with Gasteiger partial charge in [-0.05, 0) is 97.7 Å². The van der Waals surface area contributed by atoms with Gasteiger partial charge in [-0.3, -0.25) is 0 Å². The Kier molecular flexibility index (Phi) is 8.83. The van der Waals surface area contributed by atoms with Crippen molar-refractivity contribution < 1.29 is 34.7 Å². The number of carboxylic acids is 1. The van der Waals surface area contributed by atoms with Gasteiger partial charge in [0.25, 0.3) is 0 Å². The van der Waals surface area contributed by atoms with Gasteiger partial charge in [-0.1, -0.05) is 65.5 Å². The van der Waals surface area contributed by atoms with E-state index in [-0.39, 0.29) is 11.5 Å². The lowest BCUT2D eigenvalue weighted by atomic mass is 9.47. The molecule has 40 heavy (non-hydrogen) atoms. The average Bonchev–Trinajstić information content (AvgIpc) is 3.26. The molecule has 1 heterocycles. The van der Waals surface area contributed by atoms with Crippen molar-refractivity contribution in [3.8, 4) is 0 Å². The summed E-state index contributed by atoms with van der Waals surface area (Å²) >= 11 is 0. The number of hydrogen-bond donors (Lipinski definition) is 4. The van der Waals surface area contributed by atoms with Gasteiger partial charge in [0.05, 0.1) is 6.10 Å². The Balaban J connectivity index is 1.25. The minimum absolute atomic E-state index is 0.149. The molecule has 5 aliphatic rings. The van der Waals surface area contributed by atoms with Crippen LogP contribution < -0.4 is 0 Å². The number of hydrogen-bond acceptors (Lipinski definition) is 6. The molecular weight excluding hydrogens is 508 g/mol. The highest BCUT2D eigenvalue weighted by Gasteiger charge is 2.59. The van der Waals surface area contributed by atoms with E-state index < -0.39 is 36.7 Å². The molecule has 4 aliphatic carbocycles. The van der Waals surface area contributed by atoms with Crippen molar-refractivity contribution in [2.24, 2.45) is 46.3 Å². The summed E-state index contributed by atoms with van der Waals surface area (Å²) in [6, 6.07) is 0. The van der Waals surface area contributed by atoms with E-state index in [2.05, 4.69) is 40.7 Å². The quantitative estimate of drug-likeness (QED) is 0.297. The summed E-state index contributed by atoms with van der Waals surface area (Å²) in [5.41, 5.74) is 2.04. The number of aliphatic hydroxyl groups excluding tert-OH is 3. The van der Waals surface area contributed by atoms with Gasteiger partial charge in [-0.25, -0.2) is 4.79 Å². The Hall–Kier alpha value is -0.990. The van der Waals surface area contributed by atoms with Gasteiger partial charge >= 0.3 is 5.97 Å². The highest BCUT2D eigenvalue weighted by molar-refractivity contribution is 5.73. The summed E-state index contributed by atoms with van der Waals surface area (Å²) in [6.07, 6.45) is 7.65. The maximum absolute atomic E-state index is 11.5.